The van der Waals surface area contributed by atoms with E-state index in [1.165, 1.54) is 6.42 Å². The molecule has 0 saturated heterocycles. The standard InChI is InChI=1S/C19H29NO2/c1-13(2)17-9-4-14(3)12-18(17)19(22)20-16-7-5-15(6-8-16)10-11-21/h5-8,13-14,17-18,21H,4,9-12H2,1-3H3,(H,20,22)/t14-,17+,18-/m1/s1. The Labute approximate surface area is 134 Å². The molecular weight excluding hydrogens is 274 g/mol. The molecule has 0 bridgehead atoms. The van der Waals surface area contributed by atoms with Crippen molar-refractivity contribution in [3.05, 3.63) is 29.8 Å². The molecule has 1 fully saturated rings. The lowest BCUT2D eigenvalue weighted by Gasteiger charge is -2.36. The molecule has 2 rings (SSSR count). The van der Waals surface area contributed by atoms with E-state index in [1.54, 1.807) is 0 Å². The molecule has 1 aromatic carbocycles. The molecule has 1 saturated carbocycles. The zero-order chi connectivity index (χ0) is 16.1. The topological polar surface area (TPSA) is 49.3 Å². The van der Waals surface area contributed by atoms with E-state index in [1.807, 2.05) is 24.3 Å². The second-order valence-corrected chi connectivity index (χ2v) is 7.09. The van der Waals surface area contributed by atoms with Crippen molar-refractivity contribution in [1.29, 1.82) is 0 Å². The maximum absolute atomic E-state index is 12.7. The molecule has 0 radical (unpaired) electrons. The van der Waals surface area contributed by atoms with E-state index in [2.05, 4.69) is 26.1 Å². The van der Waals surface area contributed by atoms with Gasteiger partial charge >= 0.3 is 0 Å². The van der Waals surface area contributed by atoms with E-state index in [4.69, 9.17) is 5.11 Å². The Morgan fingerprint density at radius 2 is 1.95 bits per heavy atom. The largest absolute Gasteiger partial charge is 0.396 e. The zero-order valence-corrected chi connectivity index (χ0v) is 14.0. The summed E-state index contributed by atoms with van der Waals surface area (Å²) in [5, 5.41) is 12.0. The molecule has 1 aliphatic rings. The van der Waals surface area contributed by atoms with Gasteiger partial charge in [-0.3, -0.25) is 4.79 Å². The molecule has 122 valence electrons. The molecule has 0 aromatic heterocycles. The van der Waals surface area contributed by atoms with E-state index >= 15 is 0 Å². The van der Waals surface area contributed by atoms with Gasteiger partial charge < -0.3 is 10.4 Å². The van der Waals surface area contributed by atoms with Crippen molar-refractivity contribution in [1.82, 2.24) is 0 Å². The third-order valence-corrected chi connectivity index (χ3v) is 4.98. The van der Waals surface area contributed by atoms with Crippen LogP contribution in [0, 0.1) is 23.7 Å². The molecule has 3 nitrogen and oxygen atoms in total. The summed E-state index contributed by atoms with van der Waals surface area (Å²) in [6, 6.07) is 7.80. The smallest absolute Gasteiger partial charge is 0.227 e. The van der Waals surface area contributed by atoms with Gasteiger partial charge in [-0.15, -0.1) is 0 Å². The van der Waals surface area contributed by atoms with Crippen molar-refractivity contribution in [3.63, 3.8) is 0 Å². The summed E-state index contributed by atoms with van der Waals surface area (Å²) in [5.74, 6) is 1.97. The summed E-state index contributed by atoms with van der Waals surface area (Å²) in [6.45, 7) is 6.86. The number of hydrogen-bond acceptors (Lipinski definition) is 2. The highest BCUT2D eigenvalue weighted by atomic mass is 16.2. The molecule has 1 aliphatic carbocycles. The number of nitrogens with one attached hydrogen (secondary N) is 1. The van der Waals surface area contributed by atoms with Gasteiger partial charge in [0.15, 0.2) is 0 Å². The van der Waals surface area contributed by atoms with E-state index in [-0.39, 0.29) is 18.4 Å². The second-order valence-electron chi connectivity index (χ2n) is 7.09. The van der Waals surface area contributed by atoms with Crippen molar-refractivity contribution in [3.8, 4) is 0 Å². The normalized spacial score (nSPS) is 25.2. The van der Waals surface area contributed by atoms with E-state index in [0.717, 1.165) is 24.1 Å². The Bertz CT molecular complexity index is 481. The first-order valence-corrected chi connectivity index (χ1v) is 8.52. The number of hydrogen-bond donors (Lipinski definition) is 2. The quantitative estimate of drug-likeness (QED) is 0.867. The maximum atomic E-state index is 12.7. The van der Waals surface area contributed by atoms with Crippen LogP contribution in [-0.4, -0.2) is 17.6 Å². The molecule has 22 heavy (non-hydrogen) atoms. The van der Waals surface area contributed by atoms with Crippen molar-refractivity contribution in [2.24, 2.45) is 23.7 Å². The summed E-state index contributed by atoms with van der Waals surface area (Å²) < 4.78 is 0. The predicted molar refractivity (Wildman–Crippen MR) is 90.7 cm³/mol. The van der Waals surface area contributed by atoms with Gasteiger partial charge in [-0.1, -0.05) is 39.3 Å². The van der Waals surface area contributed by atoms with Crippen LogP contribution in [0.1, 0.15) is 45.6 Å². The third-order valence-electron chi connectivity index (χ3n) is 4.98. The Hall–Kier alpha value is -1.35. The number of anilines is 1. The molecule has 2 N–H and O–H groups in total. The van der Waals surface area contributed by atoms with Crippen LogP contribution < -0.4 is 5.32 Å². The number of amides is 1. The minimum absolute atomic E-state index is 0.126. The molecular formula is C19H29NO2. The van der Waals surface area contributed by atoms with Crippen molar-refractivity contribution in [2.45, 2.75) is 46.5 Å². The second kappa shape index (κ2) is 7.77. The first-order chi connectivity index (χ1) is 10.5. The molecule has 1 aromatic rings. The summed E-state index contributed by atoms with van der Waals surface area (Å²) in [4.78, 5) is 12.7. The van der Waals surface area contributed by atoms with Crippen LogP contribution in [0.15, 0.2) is 24.3 Å². The summed E-state index contributed by atoms with van der Waals surface area (Å²) in [7, 11) is 0. The van der Waals surface area contributed by atoms with Crippen LogP contribution in [-0.2, 0) is 11.2 Å². The highest BCUT2D eigenvalue weighted by molar-refractivity contribution is 5.92. The number of carbonyl (C=O) groups excluding carboxylic acids is 1. The Balaban J connectivity index is 2.02. The number of aliphatic hydroxyl groups is 1. The van der Waals surface area contributed by atoms with Gasteiger partial charge in [0.2, 0.25) is 5.91 Å². The summed E-state index contributed by atoms with van der Waals surface area (Å²) >= 11 is 0. The van der Waals surface area contributed by atoms with E-state index in [9.17, 15) is 4.79 Å². The molecule has 0 spiro atoms. The number of benzene rings is 1. The average molecular weight is 303 g/mol. The van der Waals surface area contributed by atoms with Crippen LogP contribution in [0.4, 0.5) is 5.69 Å². The van der Waals surface area contributed by atoms with Gasteiger partial charge in [-0.25, -0.2) is 0 Å². The first-order valence-electron chi connectivity index (χ1n) is 8.52. The first kappa shape index (κ1) is 17.0. The fourth-order valence-corrected chi connectivity index (χ4v) is 3.62. The fraction of sp³-hybridized carbons (Fsp3) is 0.632. The van der Waals surface area contributed by atoms with E-state index < -0.39 is 0 Å². The average Bonchev–Trinajstić information content (AvgIpc) is 2.49. The van der Waals surface area contributed by atoms with Crippen molar-refractivity contribution in [2.75, 3.05) is 11.9 Å². The third kappa shape index (κ3) is 4.33. The zero-order valence-electron chi connectivity index (χ0n) is 14.0. The van der Waals surface area contributed by atoms with Gasteiger partial charge in [-0.2, -0.15) is 0 Å². The highest BCUT2D eigenvalue weighted by Gasteiger charge is 2.35. The van der Waals surface area contributed by atoms with Gasteiger partial charge in [0.1, 0.15) is 0 Å². The Kier molecular flexibility index (Phi) is 6.01. The van der Waals surface area contributed by atoms with Crippen molar-refractivity contribution < 1.29 is 9.90 Å². The van der Waals surface area contributed by atoms with Gasteiger partial charge in [-0.05, 0) is 54.7 Å². The molecule has 1 amide bonds. The molecule has 0 aliphatic heterocycles. The maximum Gasteiger partial charge on any atom is 0.227 e. The van der Waals surface area contributed by atoms with Crippen molar-refractivity contribution >= 4 is 11.6 Å². The van der Waals surface area contributed by atoms with E-state index in [0.29, 0.717) is 24.2 Å². The highest BCUT2D eigenvalue weighted by Crippen LogP contribution is 2.38. The summed E-state index contributed by atoms with van der Waals surface area (Å²) in [6.07, 6.45) is 4.05. The minimum Gasteiger partial charge on any atom is -0.396 e. The van der Waals surface area contributed by atoms with Gasteiger partial charge in [0.25, 0.3) is 0 Å². The number of rotatable bonds is 5. The minimum atomic E-state index is 0.126. The summed E-state index contributed by atoms with van der Waals surface area (Å²) in [5.41, 5.74) is 1.94. The lowest BCUT2D eigenvalue weighted by Crippen LogP contribution is -2.36. The molecule has 3 heteroatoms. The Morgan fingerprint density at radius 3 is 2.55 bits per heavy atom. The van der Waals surface area contributed by atoms with Crippen LogP contribution in [0.2, 0.25) is 0 Å². The number of carbonyl (C=O) groups is 1. The van der Waals surface area contributed by atoms with Crippen LogP contribution in [0.5, 0.6) is 0 Å². The lowest BCUT2D eigenvalue weighted by molar-refractivity contribution is -0.123. The SMILES string of the molecule is CC(C)[C@@H]1CC[C@@H](C)C[C@H]1C(=O)Nc1ccc(CCO)cc1. The fourth-order valence-electron chi connectivity index (χ4n) is 3.62. The van der Waals surface area contributed by atoms with Gasteiger partial charge in [0, 0.05) is 18.2 Å². The Morgan fingerprint density at radius 1 is 1.27 bits per heavy atom. The van der Waals surface area contributed by atoms with Crippen LogP contribution in [0.3, 0.4) is 0 Å². The van der Waals surface area contributed by atoms with Crippen LogP contribution in [0.25, 0.3) is 0 Å². The molecule has 0 unspecified atom stereocenters. The monoisotopic (exact) mass is 303 g/mol. The number of aliphatic hydroxyl groups excluding tert-OH is 1. The predicted octanol–water partition coefficient (Wildman–Crippen LogP) is 3.87. The molecule has 3 atom stereocenters. The lowest BCUT2D eigenvalue weighted by atomic mass is 9.70. The van der Waals surface area contributed by atoms with Gasteiger partial charge in [0.05, 0.1) is 0 Å². The van der Waals surface area contributed by atoms with Crippen LogP contribution >= 0.6 is 0 Å². The molecule has 0 heterocycles.